The van der Waals surface area contributed by atoms with Crippen LogP contribution in [0, 0.1) is 20.8 Å². The quantitative estimate of drug-likeness (QED) is 0.230. The van der Waals surface area contributed by atoms with Gasteiger partial charge in [-0.2, -0.15) is 0 Å². The highest BCUT2D eigenvalue weighted by atomic mass is 16.2. The SMILES string of the molecule is Cc1cc(C)c(CN2CCc3ccc(N4CCN(CCC(c5ccccc5)c5ccccc5)CC4)cc3C2=O)c(C)c1. The first-order valence-corrected chi connectivity index (χ1v) is 15.5. The fourth-order valence-electron chi connectivity index (χ4n) is 6.94. The molecule has 0 saturated carbocycles. The molecule has 1 fully saturated rings. The predicted octanol–water partition coefficient (Wildman–Crippen LogP) is 7.15. The van der Waals surface area contributed by atoms with E-state index in [0.29, 0.717) is 12.5 Å². The average molecular weight is 558 g/mol. The van der Waals surface area contributed by atoms with E-state index in [-0.39, 0.29) is 5.91 Å². The van der Waals surface area contributed by atoms with Gasteiger partial charge in [-0.05, 0) is 85.7 Å². The first-order chi connectivity index (χ1) is 20.5. The van der Waals surface area contributed by atoms with E-state index in [1.165, 1.54) is 44.6 Å². The van der Waals surface area contributed by atoms with Crippen molar-refractivity contribution in [2.24, 2.45) is 0 Å². The van der Waals surface area contributed by atoms with Gasteiger partial charge < -0.3 is 9.80 Å². The van der Waals surface area contributed by atoms with Crippen molar-refractivity contribution in [1.82, 2.24) is 9.80 Å². The van der Waals surface area contributed by atoms with E-state index in [1.807, 2.05) is 4.90 Å². The summed E-state index contributed by atoms with van der Waals surface area (Å²) < 4.78 is 0. The Kier molecular flexibility index (Phi) is 8.43. The van der Waals surface area contributed by atoms with Crippen LogP contribution in [0.3, 0.4) is 0 Å². The maximum atomic E-state index is 13.7. The molecule has 0 unspecified atom stereocenters. The topological polar surface area (TPSA) is 26.8 Å². The van der Waals surface area contributed by atoms with E-state index in [4.69, 9.17) is 0 Å². The van der Waals surface area contributed by atoms with Crippen LogP contribution in [-0.2, 0) is 13.0 Å². The molecule has 4 nitrogen and oxygen atoms in total. The number of rotatable bonds is 8. The first kappa shape index (κ1) is 28.2. The minimum Gasteiger partial charge on any atom is -0.369 e. The third kappa shape index (κ3) is 6.15. The lowest BCUT2D eigenvalue weighted by molar-refractivity contribution is 0.0726. The molecule has 4 heteroatoms. The number of carbonyl (C=O) groups is 1. The molecule has 2 aliphatic heterocycles. The van der Waals surface area contributed by atoms with E-state index < -0.39 is 0 Å². The van der Waals surface area contributed by atoms with Crippen molar-refractivity contribution in [1.29, 1.82) is 0 Å². The van der Waals surface area contributed by atoms with Crippen LogP contribution in [-0.4, -0.2) is 55.0 Å². The van der Waals surface area contributed by atoms with Gasteiger partial charge in [0.25, 0.3) is 5.91 Å². The van der Waals surface area contributed by atoms with Crippen LogP contribution in [0.25, 0.3) is 0 Å². The molecule has 4 aromatic carbocycles. The number of carbonyl (C=O) groups excluding carboxylic acids is 1. The van der Waals surface area contributed by atoms with Gasteiger partial charge in [0.05, 0.1) is 0 Å². The van der Waals surface area contributed by atoms with Crippen molar-refractivity contribution < 1.29 is 4.79 Å². The highest BCUT2D eigenvalue weighted by Crippen LogP contribution is 2.30. The van der Waals surface area contributed by atoms with Gasteiger partial charge >= 0.3 is 0 Å². The number of hydrogen-bond donors (Lipinski definition) is 0. The minimum atomic E-state index is 0.170. The molecule has 1 amide bonds. The molecular weight excluding hydrogens is 514 g/mol. The zero-order chi connectivity index (χ0) is 29.1. The summed E-state index contributed by atoms with van der Waals surface area (Å²) in [5, 5.41) is 0. The summed E-state index contributed by atoms with van der Waals surface area (Å²) in [6, 6.07) is 32.9. The number of aryl methyl sites for hydroxylation is 3. The smallest absolute Gasteiger partial charge is 0.254 e. The van der Waals surface area contributed by atoms with Crippen molar-refractivity contribution in [2.45, 2.75) is 46.1 Å². The lowest BCUT2D eigenvalue weighted by atomic mass is 9.88. The summed E-state index contributed by atoms with van der Waals surface area (Å²) in [5.74, 6) is 0.580. The van der Waals surface area contributed by atoms with Gasteiger partial charge in [-0.1, -0.05) is 84.4 Å². The molecule has 1 saturated heterocycles. The van der Waals surface area contributed by atoms with Crippen molar-refractivity contribution in [3.8, 4) is 0 Å². The third-order valence-electron chi connectivity index (χ3n) is 9.33. The van der Waals surface area contributed by atoms with Crippen LogP contribution in [0.2, 0.25) is 0 Å². The predicted molar refractivity (Wildman–Crippen MR) is 174 cm³/mol. The maximum Gasteiger partial charge on any atom is 0.254 e. The Labute approximate surface area is 251 Å². The van der Waals surface area contributed by atoms with Crippen molar-refractivity contribution in [3.05, 3.63) is 136 Å². The first-order valence-electron chi connectivity index (χ1n) is 15.5. The summed E-state index contributed by atoms with van der Waals surface area (Å²) in [6.45, 7) is 13.1. The van der Waals surface area contributed by atoms with E-state index in [1.54, 1.807) is 0 Å². The normalized spacial score (nSPS) is 15.8. The Morgan fingerprint density at radius 3 is 1.95 bits per heavy atom. The molecule has 0 aliphatic carbocycles. The van der Waals surface area contributed by atoms with Gasteiger partial charge in [0, 0.05) is 56.4 Å². The molecule has 0 radical (unpaired) electrons. The number of anilines is 1. The number of fused-ring (bicyclic) bond motifs is 1. The second kappa shape index (κ2) is 12.5. The summed E-state index contributed by atoms with van der Waals surface area (Å²) in [4.78, 5) is 20.8. The molecule has 42 heavy (non-hydrogen) atoms. The molecule has 0 spiro atoms. The van der Waals surface area contributed by atoms with Gasteiger partial charge in [0.1, 0.15) is 0 Å². The highest BCUT2D eigenvalue weighted by molar-refractivity contribution is 5.97. The number of amides is 1. The Morgan fingerprint density at radius 2 is 1.33 bits per heavy atom. The second-order valence-electron chi connectivity index (χ2n) is 12.2. The number of piperazine rings is 1. The lowest BCUT2D eigenvalue weighted by Gasteiger charge is -2.37. The van der Waals surface area contributed by atoms with E-state index in [2.05, 4.69) is 122 Å². The maximum absolute atomic E-state index is 13.7. The number of hydrogen-bond acceptors (Lipinski definition) is 3. The molecular formula is C38H43N3O. The zero-order valence-electron chi connectivity index (χ0n) is 25.4. The van der Waals surface area contributed by atoms with Crippen molar-refractivity contribution >= 4 is 11.6 Å². The van der Waals surface area contributed by atoms with Gasteiger partial charge in [0.2, 0.25) is 0 Å². The molecule has 216 valence electrons. The van der Waals surface area contributed by atoms with E-state index in [9.17, 15) is 4.79 Å². The Hall–Kier alpha value is -3.89. The van der Waals surface area contributed by atoms with Crippen LogP contribution < -0.4 is 4.90 Å². The molecule has 4 aromatic rings. The largest absolute Gasteiger partial charge is 0.369 e. The van der Waals surface area contributed by atoms with Crippen LogP contribution in [0.1, 0.15) is 61.6 Å². The monoisotopic (exact) mass is 557 g/mol. The number of nitrogens with zero attached hydrogens (tertiary/aromatic N) is 3. The van der Waals surface area contributed by atoms with Crippen LogP contribution in [0.4, 0.5) is 5.69 Å². The van der Waals surface area contributed by atoms with Gasteiger partial charge in [-0.15, -0.1) is 0 Å². The Morgan fingerprint density at radius 1 is 0.714 bits per heavy atom. The molecule has 0 bridgehead atoms. The molecule has 0 aromatic heterocycles. The van der Waals surface area contributed by atoms with E-state index in [0.717, 1.165) is 57.7 Å². The molecule has 2 heterocycles. The Balaban J connectivity index is 1.09. The van der Waals surface area contributed by atoms with Crippen LogP contribution in [0.15, 0.2) is 91.0 Å². The molecule has 6 rings (SSSR count). The van der Waals surface area contributed by atoms with Crippen LogP contribution in [0.5, 0.6) is 0 Å². The zero-order valence-corrected chi connectivity index (χ0v) is 25.4. The molecule has 0 N–H and O–H groups in total. The highest BCUT2D eigenvalue weighted by Gasteiger charge is 2.27. The Bertz CT molecular complexity index is 1460. The molecule has 0 atom stereocenters. The van der Waals surface area contributed by atoms with Gasteiger partial charge in [-0.3, -0.25) is 9.69 Å². The van der Waals surface area contributed by atoms with Crippen molar-refractivity contribution in [3.63, 3.8) is 0 Å². The second-order valence-corrected chi connectivity index (χ2v) is 12.2. The van der Waals surface area contributed by atoms with Crippen LogP contribution >= 0.6 is 0 Å². The molecule has 2 aliphatic rings. The van der Waals surface area contributed by atoms with Gasteiger partial charge in [0.15, 0.2) is 0 Å². The van der Waals surface area contributed by atoms with E-state index >= 15 is 0 Å². The fourth-order valence-corrected chi connectivity index (χ4v) is 6.94. The average Bonchev–Trinajstić information content (AvgIpc) is 3.01. The fraction of sp³-hybridized carbons (Fsp3) is 0.342. The lowest BCUT2D eigenvalue weighted by Crippen LogP contribution is -2.47. The van der Waals surface area contributed by atoms with Crippen molar-refractivity contribution in [2.75, 3.05) is 44.2 Å². The summed E-state index contributed by atoms with van der Waals surface area (Å²) in [5.41, 5.74) is 11.1. The summed E-state index contributed by atoms with van der Waals surface area (Å²) in [7, 11) is 0. The van der Waals surface area contributed by atoms with Gasteiger partial charge in [-0.25, -0.2) is 0 Å². The standard InChI is InChI=1S/C38H43N3O/c1-28-24-29(2)37(30(3)25-28)27-41-19-16-33-14-15-34(26-36(33)38(41)42)40-22-20-39(21-23-40)18-17-35(31-10-6-4-7-11-31)32-12-8-5-9-13-32/h4-15,24-26,35H,16-23,27H2,1-3H3. The summed E-state index contributed by atoms with van der Waals surface area (Å²) in [6.07, 6.45) is 2.03. The summed E-state index contributed by atoms with van der Waals surface area (Å²) >= 11 is 0. The minimum absolute atomic E-state index is 0.170. The third-order valence-corrected chi connectivity index (χ3v) is 9.33. The number of benzene rings is 4.